The van der Waals surface area contributed by atoms with Gasteiger partial charge in [-0.05, 0) is 19.8 Å². The van der Waals surface area contributed by atoms with Gasteiger partial charge in [0.25, 0.3) is 0 Å². The van der Waals surface area contributed by atoms with Crippen LogP contribution in [0.25, 0.3) is 0 Å². The lowest BCUT2D eigenvalue weighted by molar-refractivity contribution is -0.127. The number of imide groups is 1. The number of hydrogen-bond donors (Lipinski definition) is 2. The molecule has 22 heavy (non-hydrogen) atoms. The van der Waals surface area contributed by atoms with Crippen LogP contribution in [0.2, 0.25) is 0 Å². The smallest absolute Gasteiger partial charge is 0.235 e. The lowest BCUT2D eigenvalue weighted by atomic mass is 9.85. The number of nitrogen functional groups attached to an aromatic ring is 1. The Balaban J connectivity index is 1.95. The zero-order valence-corrected chi connectivity index (χ0v) is 12.6. The van der Waals surface area contributed by atoms with Crippen LogP contribution in [0.15, 0.2) is 12.7 Å². The van der Waals surface area contributed by atoms with Crippen LogP contribution in [-0.2, 0) is 16.0 Å². The second-order valence-corrected chi connectivity index (χ2v) is 5.97. The van der Waals surface area contributed by atoms with E-state index in [0.29, 0.717) is 25.9 Å². The van der Waals surface area contributed by atoms with Gasteiger partial charge in [0, 0.05) is 30.8 Å². The number of nitrogens with zero attached hydrogens (tertiary/aromatic N) is 3. The van der Waals surface area contributed by atoms with Crippen LogP contribution in [0.5, 0.6) is 0 Å². The molecule has 116 valence electrons. The molecule has 3 N–H and O–H groups in total. The van der Waals surface area contributed by atoms with E-state index in [2.05, 4.69) is 21.9 Å². The summed E-state index contributed by atoms with van der Waals surface area (Å²) in [6.45, 7) is 6.80. The van der Waals surface area contributed by atoms with Crippen LogP contribution in [0.1, 0.15) is 24.1 Å². The Labute approximate surface area is 128 Å². The largest absolute Gasteiger partial charge is 0.368 e. The minimum Gasteiger partial charge on any atom is -0.368 e. The lowest BCUT2D eigenvalue weighted by Gasteiger charge is -2.23. The lowest BCUT2D eigenvalue weighted by Crippen LogP contribution is -2.35. The molecule has 0 aliphatic carbocycles. The number of allylic oxidation sites excluding steroid dienone is 1. The minimum atomic E-state index is -0.629. The van der Waals surface area contributed by atoms with Crippen molar-refractivity contribution in [2.24, 2.45) is 5.41 Å². The van der Waals surface area contributed by atoms with Crippen molar-refractivity contribution in [1.29, 1.82) is 0 Å². The molecule has 0 aromatic carbocycles. The van der Waals surface area contributed by atoms with E-state index in [-0.39, 0.29) is 24.2 Å². The van der Waals surface area contributed by atoms with Gasteiger partial charge < -0.3 is 10.6 Å². The van der Waals surface area contributed by atoms with Crippen LogP contribution in [0.3, 0.4) is 0 Å². The Hall–Kier alpha value is -2.44. The highest BCUT2D eigenvalue weighted by atomic mass is 16.2. The summed E-state index contributed by atoms with van der Waals surface area (Å²) in [7, 11) is 0. The van der Waals surface area contributed by atoms with Crippen LogP contribution in [0.4, 0.5) is 11.8 Å². The third kappa shape index (κ3) is 2.22. The van der Waals surface area contributed by atoms with Gasteiger partial charge in [-0.1, -0.05) is 6.08 Å². The molecule has 0 unspecified atom stereocenters. The van der Waals surface area contributed by atoms with Crippen molar-refractivity contribution in [2.75, 3.05) is 23.7 Å². The summed E-state index contributed by atoms with van der Waals surface area (Å²) >= 11 is 0. The molecule has 1 aromatic rings. The van der Waals surface area contributed by atoms with Gasteiger partial charge in [0.2, 0.25) is 17.8 Å². The molecule has 2 amide bonds. The first kappa shape index (κ1) is 14.5. The predicted octanol–water partition coefficient (Wildman–Crippen LogP) is 0.339. The number of carbonyl (C=O) groups is 2. The topological polar surface area (TPSA) is 101 Å². The zero-order chi connectivity index (χ0) is 15.9. The second kappa shape index (κ2) is 5.08. The molecular weight excluding hydrogens is 282 g/mol. The predicted molar refractivity (Wildman–Crippen MR) is 82.1 cm³/mol. The monoisotopic (exact) mass is 301 g/mol. The number of nitrogens with one attached hydrogen (secondary N) is 1. The summed E-state index contributed by atoms with van der Waals surface area (Å²) in [5.41, 5.74) is 6.93. The molecule has 1 aromatic heterocycles. The number of anilines is 2. The van der Waals surface area contributed by atoms with E-state index >= 15 is 0 Å². The van der Waals surface area contributed by atoms with Gasteiger partial charge in [-0.3, -0.25) is 14.9 Å². The molecule has 2 aliphatic rings. The van der Waals surface area contributed by atoms with Gasteiger partial charge >= 0.3 is 0 Å². The molecule has 2 saturated heterocycles. The maximum atomic E-state index is 12.1. The zero-order valence-electron chi connectivity index (χ0n) is 12.6. The van der Waals surface area contributed by atoms with Crippen molar-refractivity contribution < 1.29 is 9.59 Å². The maximum Gasteiger partial charge on any atom is 0.235 e. The number of rotatable bonds is 3. The van der Waals surface area contributed by atoms with Crippen molar-refractivity contribution in [1.82, 2.24) is 15.3 Å². The first-order valence-corrected chi connectivity index (χ1v) is 7.28. The van der Waals surface area contributed by atoms with E-state index in [4.69, 9.17) is 5.73 Å². The SMILES string of the molecule is C=CCc1c(C)nc(N)nc1N1CC[C@@]2(CC(=O)NC2=O)C1. The molecule has 0 bridgehead atoms. The summed E-state index contributed by atoms with van der Waals surface area (Å²) in [4.78, 5) is 34.2. The number of aryl methyl sites for hydroxylation is 1. The normalized spacial score (nSPS) is 24.1. The number of hydrogen-bond acceptors (Lipinski definition) is 6. The molecule has 1 atom stereocenters. The Morgan fingerprint density at radius 1 is 1.45 bits per heavy atom. The summed E-state index contributed by atoms with van der Waals surface area (Å²) in [6, 6.07) is 0. The van der Waals surface area contributed by atoms with Crippen molar-refractivity contribution in [3.63, 3.8) is 0 Å². The van der Waals surface area contributed by atoms with Gasteiger partial charge in [0.1, 0.15) is 5.82 Å². The quantitative estimate of drug-likeness (QED) is 0.616. The highest BCUT2D eigenvalue weighted by Gasteiger charge is 2.51. The Bertz CT molecular complexity index is 672. The van der Waals surface area contributed by atoms with Crippen LogP contribution in [0, 0.1) is 12.3 Å². The summed E-state index contributed by atoms with van der Waals surface area (Å²) < 4.78 is 0. The molecule has 0 radical (unpaired) electrons. The molecule has 3 heterocycles. The fraction of sp³-hybridized carbons (Fsp3) is 0.467. The van der Waals surface area contributed by atoms with Crippen LogP contribution >= 0.6 is 0 Å². The van der Waals surface area contributed by atoms with Gasteiger partial charge in [-0.25, -0.2) is 4.98 Å². The summed E-state index contributed by atoms with van der Waals surface area (Å²) in [5.74, 6) is 0.586. The van der Waals surface area contributed by atoms with Gasteiger partial charge in [0.05, 0.1) is 5.41 Å². The molecule has 2 aliphatic heterocycles. The van der Waals surface area contributed by atoms with Gasteiger partial charge in [-0.2, -0.15) is 4.98 Å². The number of nitrogens with two attached hydrogens (primary N) is 1. The van der Waals surface area contributed by atoms with E-state index < -0.39 is 5.41 Å². The first-order chi connectivity index (χ1) is 10.4. The van der Waals surface area contributed by atoms with Crippen LogP contribution in [-0.4, -0.2) is 34.9 Å². The summed E-state index contributed by atoms with van der Waals surface area (Å²) in [5, 5.41) is 2.41. The third-order valence-corrected chi connectivity index (χ3v) is 4.44. The third-order valence-electron chi connectivity index (χ3n) is 4.44. The first-order valence-electron chi connectivity index (χ1n) is 7.28. The number of aromatic nitrogens is 2. The van der Waals surface area contributed by atoms with Gasteiger partial charge in [-0.15, -0.1) is 6.58 Å². The fourth-order valence-electron chi connectivity index (χ4n) is 3.32. The van der Waals surface area contributed by atoms with Crippen molar-refractivity contribution in [2.45, 2.75) is 26.2 Å². The molecule has 2 fully saturated rings. The molecule has 1 spiro atoms. The molecule has 7 nitrogen and oxygen atoms in total. The summed E-state index contributed by atoms with van der Waals surface area (Å²) in [6.07, 6.45) is 3.32. The number of amides is 2. The van der Waals surface area contributed by atoms with E-state index in [1.165, 1.54) is 0 Å². The van der Waals surface area contributed by atoms with E-state index in [1.54, 1.807) is 6.08 Å². The maximum absolute atomic E-state index is 12.1. The van der Waals surface area contributed by atoms with Crippen molar-refractivity contribution in [3.8, 4) is 0 Å². The second-order valence-electron chi connectivity index (χ2n) is 5.97. The van der Waals surface area contributed by atoms with Crippen LogP contribution < -0.4 is 16.0 Å². The van der Waals surface area contributed by atoms with E-state index in [0.717, 1.165) is 17.1 Å². The van der Waals surface area contributed by atoms with Gasteiger partial charge in [0.15, 0.2) is 0 Å². The molecule has 3 rings (SSSR count). The number of carbonyl (C=O) groups excluding carboxylic acids is 2. The molecule has 7 heteroatoms. The Morgan fingerprint density at radius 2 is 2.23 bits per heavy atom. The van der Waals surface area contributed by atoms with Crippen molar-refractivity contribution >= 4 is 23.6 Å². The average molecular weight is 301 g/mol. The highest BCUT2D eigenvalue weighted by molar-refractivity contribution is 6.06. The van der Waals surface area contributed by atoms with Crippen molar-refractivity contribution in [3.05, 3.63) is 23.9 Å². The van der Waals surface area contributed by atoms with E-state index in [9.17, 15) is 9.59 Å². The highest BCUT2D eigenvalue weighted by Crippen LogP contribution is 2.40. The Kier molecular flexibility index (Phi) is 3.35. The molecular formula is C15H19N5O2. The van der Waals surface area contributed by atoms with E-state index in [1.807, 2.05) is 11.8 Å². The average Bonchev–Trinajstić information content (AvgIpc) is 2.97. The molecule has 0 saturated carbocycles. The standard InChI is InChI=1S/C15H19N5O2/c1-3-4-10-9(2)17-14(16)19-12(10)20-6-5-15(8-20)7-11(21)18-13(15)22/h3H,1,4-8H2,2H3,(H2,16,17,19)(H,18,21,22)/t15-/m1/s1. The fourth-order valence-corrected chi connectivity index (χ4v) is 3.32. The Morgan fingerprint density at radius 3 is 2.86 bits per heavy atom. The minimum absolute atomic E-state index is 0.177.